The van der Waals surface area contributed by atoms with Gasteiger partial charge in [0.05, 0.1) is 5.38 Å². The molecule has 1 saturated carbocycles. The number of halogens is 1. The topological polar surface area (TPSA) is 29.1 Å². The van der Waals surface area contributed by atoms with E-state index in [1.54, 1.807) is 0 Å². The maximum absolute atomic E-state index is 11.2. The summed E-state index contributed by atoms with van der Waals surface area (Å²) >= 11 is 6.01. The minimum atomic E-state index is 0.148. The largest absolute Gasteiger partial charge is 0.352 e. The van der Waals surface area contributed by atoms with Crippen molar-refractivity contribution in [3.63, 3.8) is 0 Å². The molecule has 12 heavy (non-hydrogen) atoms. The van der Waals surface area contributed by atoms with Crippen LogP contribution in [0.25, 0.3) is 0 Å². The molecule has 1 aliphatic carbocycles. The predicted octanol–water partition coefficient (Wildman–Crippen LogP) is 2.06. The van der Waals surface area contributed by atoms with Gasteiger partial charge in [-0.2, -0.15) is 0 Å². The summed E-state index contributed by atoms with van der Waals surface area (Å²) in [5.74, 6) is 0.148. The van der Waals surface area contributed by atoms with E-state index in [0.29, 0.717) is 6.42 Å². The van der Waals surface area contributed by atoms with Gasteiger partial charge in [0.2, 0.25) is 5.91 Å². The van der Waals surface area contributed by atoms with Crippen molar-refractivity contribution in [2.75, 3.05) is 0 Å². The van der Waals surface area contributed by atoms with Gasteiger partial charge in [0.1, 0.15) is 0 Å². The monoisotopic (exact) mass is 189 g/mol. The summed E-state index contributed by atoms with van der Waals surface area (Å²) in [7, 11) is 0. The SMILES string of the molecule is CCCC(=O)NC1CCCC1Cl. The van der Waals surface area contributed by atoms with Crippen molar-refractivity contribution < 1.29 is 4.79 Å². The molecular weight excluding hydrogens is 174 g/mol. The molecular formula is C9H16ClNO. The molecule has 0 saturated heterocycles. The fraction of sp³-hybridized carbons (Fsp3) is 0.889. The first-order valence-electron chi connectivity index (χ1n) is 4.67. The van der Waals surface area contributed by atoms with Crippen molar-refractivity contribution in [1.29, 1.82) is 0 Å². The zero-order valence-corrected chi connectivity index (χ0v) is 8.23. The van der Waals surface area contributed by atoms with E-state index in [2.05, 4.69) is 5.32 Å². The molecule has 1 N–H and O–H groups in total. The summed E-state index contributed by atoms with van der Waals surface area (Å²) in [6.45, 7) is 2.01. The number of amides is 1. The van der Waals surface area contributed by atoms with Gasteiger partial charge in [0.15, 0.2) is 0 Å². The maximum Gasteiger partial charge on any atom is 0.220 e. The quantitative estimate of drug-likeness (QED) is 0.677. The van der Waals surface area contributed by atoms with Crippen LogP contribution in [0.15, 0.2) is 0 Å². The molecule has 1 rings (SSSR count). The van der Waals surface area contributed by atoms with Gasteiger partial charge in [-0.25, -0.2) is 0 Å². The first-order valence-corrected chi connectivity index (χ1v) is 5.11. The Morgan fingerprint density at radius 1 is 1.58 bits per heavy atom. The third-order valence-electron chi connectivity index (χ3n) is 2.26. The average Bonchev–Trinajstić information content (AvgIpc) is 2.37. The summed E-state index contributed by atoms with van der Waals surface area (Å²) in [5, 5.41) is 3.12. The Morgan fingerprint density at radius 3 is 2.83 bits per heavy atom. The number of alkyl halides is 1. The number of hydrogen-bond donors (Lipinski definition) is 1. The molecule has 1 fully saturated rings. The van der Waals surface area contributed by atoms with Crippen LogP contribution >= 0.6 is 11.6 Å². The van der Waals surface area contributed by atoms with Gasteiger partial charge in [-0.1, -0.05) is 6.92 Å². The highest BCUT2D eigenvalue weighted by molar-refractivity contribution is 6.21. The van der Waals surface area contributed by atoms with Crippen LogP contribution in [0, 0.1) is 0 Å². The molecule has 0 spiro atoms. The summed E-state index contributed by atoms with van der Waals surface area (Å²) in [4.78, 5) is 11.2. The summed E-state index contributed by atoms with van der Waals surface area (Å²) < 4.78 is 0. The first kappa shape index (κ1) is 9.85. The molecule has 2 unspecified atom stereocenters. The van der Waals surface area contributed by atoms with E-state index < -0.39 is 0 Å². The molecule has 0 heterocycles. The van der Waals surface area contributed by atoms with Crippen LogP contribution in [0.2, 0.25) is 0 Å². The zero-order valence-electron chi connectivity index (χ0n) is 7.48. The number of nitrogens with one attached hydrogen (secondary N) is 1. The fourth-order valence-electron chi connectivity index (χ4n) is 1.58. The molecule has 2 nitrogen and oxygen atoms in total. The molecule has 0 aromatic carbocycles. The van der Waals surface area contributed by atoms with Crippen LogP contribution in [0.5, 0.6) is 0 Å². The lowest BCUT2D eigenvalue weighted by Crippen LogP contribution is -2.37. The Morgan fingerprint density at radius 2 is 2.33 bits per heavy atom. The average molecular weight is 190 g/mol. The Hall–Kier alpha value is -0.240. The maximum atomic E-state index is 11.2. The highest BCUT2D eigenvalue weighted by Gasteiger charge is 2.25. The Labute approximate surface area is 78.7 Å². The number of carbonyl (C=O) groups is 1. The zero-order chi connectivity index (χ0) is 8.97. The number of hydrogen-bond acceptors (Lipinski definition) is 1. The van der Waals surface area contributed by atoms with Crippen LogP contribution in [0.3, 0.4) is 0 Å². The highest BCUT2D eigenvalue weighted by atomic mass is 35.5. The van der Waals surface area contributed by atoms with E-state index in [9.17, 15) is 4.79 Å². The minimum absolute atomic E-state index is 0.148. The molecule has 1 amide bonds. The third-order valence-corrected chi connectivity index (χ3v) is 2.78. The lowest BCUT2D eigenvalue weighted by molar-refractivity contribution is -0.121. The Bertz CT molecular complexity index is 161. The van der Waals surface area contributed by atoms with Crippen molar-refractivity contribution in [2.24, 2.45) is 0 Å². The second-order valence-corrected chi connectivity index (χ2v) is 3.93. The van der Waals surface area contributed by atoms with Crippen LogP contribution in [-0.2, 0) is 4.79 Å². The molecule has 0 aliphatic heterocycles. The molecule has 3 heteroatoms. The molecule has 0 aromatic rings. The number of carbonyl (C=O) groups excluding carboxylic acids is 1. The predicted molar refractivity (Wildman–Crippen MR) is 50.3 cm³/mol. The minimum Gasteiger partial charge on any atom is -0.352 e. The lowest BCUT2D eigenvalue weighted by Gasteiger charge is -2.15. The van der Waals surface area contributed by atoms with Gasteiger partial charge < -0.3 is 5.32 Å². The second-order valence-electron chi connectivity index (χ2n) is 3.37. The van der Waals surface area contributed by atoms with Gasteiger partial charge in [0, 0.05) is 12.5 Å². The Kier molecular flexibility index (Phi) is 3.86. The molecule has 1 aliphatic rings. The van der Waals surface area contributed by atoms with Crippen molar-refractivity contribution in [3.05, 3.63) is 0 Å². The number of rotatable bonds is 3. The van der Waals surface area contributed by atoms with Gasteiger partial charge in [-0.3, -0.25) is 4.79 Å². The second kappa shape index (κ2) is 4.70. The van der Waals surface area contributed by atoms with Crippen LogP contribution in [-0.4, -0.2) is 17.3 Å². The van der Waals surface area contributed by atoms with Gasteiger partial charge in [0.25, 0.3) is 0 Å². The third kappa shape index (κ3) is 2.67. The van der Waals surface area contributed by atoms with Crippen LogP contribution in [0.4, 0.5) is 0 Å². The van der Waals surface area contributed by atoms with Gasteiger partial charge in [-0.15, -0.1) is 11.6 Å². The molecule has 0 aromatic heterocycles. The fourth-order valence-corrected chi connectivity index (χ4v) is 1.93. The van der Waals surface area contributed by atoms with E-state index in [-0.39, 0.29) is 17.3 Å². The normalized spacial score (nSPS) is 28.8. The van der Waals surface area contributed by atoms with Gasteiger partial charge >= 0.3 is 0 Å². The van der Waals surface area contributed by atoms with Crippen molar-refractivity contribution >= 4 is 17.5 Å². The Balaban J connectivity index is 2.25. The smallest absolute Gasteiger partial charge is 0.220 e. The molecule has 70 valence electrons. The summed E-state index contributed by atoms with van der Waals surface area (Å²) in [6.07, 6.45) is 4.76. The van der Waals surface area contributed by atoms with Crippen molar-refractivity contribution in [2.45, 2.75) is 50.4 Å². The summed E-state index contributed by atoms with van der Waals surface area (Å²) in [6, 6.07) is 0.228. The standard InChI is InChI=1S/C9H16ClNO/c1-2-4-9(12)11-8-6-3-5-7(8)10/h7-8H,2-6H2,1H3,(H,11,12). The van der Waals surface area contributed by atoms with Crippen molar-refractivity contribution in [3.8, 4) is 0 Å². The first-order chi connectivity index (χ1) is 5.74. The van der Waals surface area contributed by atoms with E-state index >= 15 is 0 Å². The van der Waals surface area contributed by atoms with Crippen LogP contribution < -0.4 is 5.32 Å². The van der Waals surface area contributed by atoms with Crippen molar-refractivity contribution in [1.82, 2.24) is 5.32 Å². The van der Waals surface area contributed by atoms with E-state index in [1.165, 1.54) is 0 Å². The molecule has 0 radical (unpaired) electrons. The van der Waals surface area contributed by atoms with E-state index in [1.807, 2.05) is 6.92 Å². The molecule has 0 bridgehead atoms. The van der Waals surface area contributed by atoms with E-state index in [0.717, 1.165) is 25.7 Å². The summed E-state index contributed by atoms with van der Waals surface area (Å²) in [5.41, 5.74) is 0. The van der Waals surface area contributed by atoms with Crippen LogP contribution in [0.1, 0.15) is 39.0 Å². The van der Waals surface area contributed by atoms with Gasteiger partial charge in [-0.05, 0) is 25.7 Å². The molecule has 2 atom stereocenters. The lowest BCUT2D eigenvalue weighted by atomic mass is 10.2. The highest BCUT2D eigenvalue weighted by Crippen LogP contribution is 2.23. The van der Waals surface area contributed by atoms with E-state index in [4.69, 9.17) is 11.6 Å².